The molecule has 0 aliphatic rings. The van der Waals surface area contributed by atoms with Crippen LogP contribution in [-0.4, -0.2) is 70.0 Å². The summed E-state index contributed by atoms with van der Waals surface area (Å²) in [6, 6.07) is 0. The molecule has 474 valence electrons. The first kappa shape index (κ1) is 79.2. The molecule has 83 heavy (non-hydrogen) atoms. The molecule has 0 aromatic heterocycles. The maximum Gasteiger partial charge on any atom is 0.306 e. The van der Waals surface area contributed by atoms with Crippen LogP contribution >= 0.6 is 7.82 Å². The van der Waals surface area contributed by atoms with Crippen molar-refractivity contribution in [2.75, 3.05) is 47.5 Å². The Morgan fingerprint density at radius 3 is 1.02 bits per heavy atom. The third kappa shape index (κ3) is 67.2. The van der Waals surface area contributed by atoms with E-state index in [0.29, 0.717) is 17.4 Å². The van der Waals surface area contributed by atoms with Crippen molar-refractivity contribution in [1.82, 2.24) is 0 Å². The van der Waals surface area contributed by atoms with Crippen molar-refractivity contribution < 1.29 is 42.1 Å². The van der Waals surface area contributed by atoms with Crippen LogP contribution in [0.5, 0.6) is 0 Å². The largest absolute Gasteiger partial charge is 0.756 e. The fraction of sp³-hybridized carbons (Fsp3) is 0.671. The number of carbonyl (C=O) groups is 2. The van der Waals surface area contributed by atoms with Crippen molar-refractivity contribution in [3.63, 3.8) is 0 Å². The van der Waals surface area contributed by atoms with Crippen molar-refractivity contribution in [1.29, 1.82) is 0 Å². The van der Waals surface area contributed by atoms with E-state index in [2.05, 4.69) is 148 Å². The van der Waals surface area contributed by atoms with Gasteiger partial charge in [0.25, 0.3) is 7.82 Å². The number of nitrogens with zero attached hydrogens (tertiary/aromatic N) is 1. The normalized spacial score (nSPS) is 14.0. The molecule has 0 amide bonds. The van der Waals surface area contributed by atoms with Crippen LogP contribution in [0.15, 0.2) is 134 Å². The van der Waals surface area contributed by atoms with Crippen LogP contribution in [0.25, 0.3) is 0 Å². The van der Waals surface area contributed by atoms with E-state index < -0.39 is 26.5 Å². The average molecular weight is 1170 g/mol. The van der Waals surface area contributed by atoms with Gasteiger partial charge in [-0.1, -0.05) is 289 Å². The van der Waals surface area contributed by atoms with Gasteiger partial charge in [0.1, 0.15) is 19.8 Å². The lowest BCUT2D eigenvalue weighted by atomic mass is 10.0. The molecule has 0 bridgehead atoms. The van der Waals surface area contributed by atoms with Gasteiger partial charge in [0.05, 0.1) is 27.7 Å². The van der Waals surface area contributed by atoms with E-state index in [1.54, 1.807) is 0 Å². The summed E-state index contributed by atoms with van der Waals surface area (Å²) in [5.74, 6) is -0.845. The Kier molecular flexibility index (Phi) is 59.8. The molecule has 0 heterocycles. The predicted molar refractivity (Wildman–Crippen MR) is 355 cm³/mol. The average Bonchev–Trinajstić information content (AvgIpc) is 3.48. The summed E-state index contributed by atoms with van der Waals surface area (Å²) < 4.78 is 34.2. The van der Waals surface area contributed by atoms with Gasteiger partial charge in [0.2, 0.25) is 0 Å². The SMILES string of the molecule is CC/C=C\C/C=C\C/C=C\C/C=C\C/C=C\C/C=C\C/C=C\C/C=C\C/C=C\C/C=C\C/C=C\CCCCCCCCCC(=O)OC(COC(=O)CCCCCCCCCCCCCCCCCCCC)COP(=O)([O-])OCC[N+](C)(C)C. The minimum absolute atomic E-state index is 0.0378. The summed E-state index contributed by atoms with van der Waals surface area (Å²) in [6.07, 6.45) is 90.9. The molecule has 0 radical (unpaired) electrons. The molecule has 0 aliphatic carbocycles. The fourth-order valence-electron chi connectivity index (χ4n) is 8.84. The summed E-state index contributed by atoms with van der Waals surface area (Å²) >= 11 is 0. The fourth-order valence-corrected chi connectivity index (χ4v) is 9.57. The third-order valence-corrected chi connectivity index (χ3v) is 14.9. The van der Waals surface area contributed by atoms with E-state index in [-0.39, 0.29) is 32.0 Å². The molecule has 0 rings (SSSR count). The minimum atomic E-state index is -4.65. The van der Waals surface area contributed by atoms with Gasteiger partial charge >= 0.3 is 11.9 Å². The number of carbonyl (C=O) groups excluding carboxylic acids is 2. The van der Waals surface area contributed by atoms with Crippen LogP contribution in [0.2, 0.25) is 0 Å². The van der Waals surface area contributed by atoms with E-state index in [4.69, 9.17) is 18.5 Å². The maximum atomic E-state index is 12.8. The standard InChI is InChI=1S/C73H124NO8P/c1-6-8-10-12-14-16-18-20-22-24-26-27-28-29-30-31-32-33-34-35-36-37-38-39-40-41-42-43-44-45-46-47-48-50-52-54-56-58-60-62-64-66-73(76)82-71(70-81-83(77,78)80-68-67-74(3,4)5)69-79-72(75)65-63-61-59-57-55-53-51-49-25-23-21-19-17-15-13-11-9-7-2/h8,10,14,16,20,22,26-27,29-30,32-33,35-36,38-39,41-42,44-45,47-48,71H,6-7,9,11-13,15,17-19,21,23-25,28,31,34,37,40,43,46,49-70H2,1-5H3/b10-8-,16-14-,22-20-,27-26-,30-29-,33-32-,36-35-,39-38-,42-41-,45-44-,48-47-. The second kappa shape index (κ2) is 62.7. The Hall–Kier alpha value is -3.85. The van der Waals surface area contributed by atoms with Gasteiger partial charge in [-0.25, -0.2) is 0 Å². The van der Waals surface area contributed by atoms with E-state index in [1.807, 2.05) is 21.1 Å². The number of allylic oxidation sites excluding steroid dienone is 22. The van der Waals surface area contributed by atoms with Crippen molar-refractivity contribution in [3.8, 4) is 0 Å². The molecule has 0 N–H and O–H groups in total. The first-order valence-electron chi connectivity index (χ1n) is 33.4. The van der Waals surface area contributed by atoms with Crippen LogP contribution in [0.4, 0.5) is 0 Å². The number of hydrogen-bond donors (Lipinski definition) is 0. The summed E-state index contributed by atoms with van der Waals surface area (Å²) in [6.45, 7) is 4.12. The van der Waals surface area contributed by atoms with Gasteiger partial charge in [-0.3, -0.25) is 14.2 Å². The second-order valence-corrected chi connectivity index (χ2v) is 24.5. The van der Waals surface area contributed by atoms with Crippen LogP contribution in [-0.2, 0) is 32.7 Å². The lowest BCUT2D eigenvalue weighted by Gasteiger charge is -2.28. The molecule has 0 saturated carbocycles. The van der Waals surface area contributed by atoms with Crippen molar-refractivity contribution in [2.24, 2.45) is 0 Å². The number of esters is 2. The summed E-state index contributed by atoms with van der Waals surface area (Å²) in [7, 11) is 1.15. The number of likely N-dealkylation sites (N-methyl/N-ethyl adjacent to an activating group) is 1. The zero-order chi connectivity index (χ0) is 60.5. The Balaban J connectivity index is 4.12. The zero-order valence-corrected chi connectivity index (χ0v) is 54.7. The smallest absolute Gasteiger partial charge is 0.306 e. The number of phosphoric ester groups is 1. The molecular formula is C73H124NO8P. The van der Waals surface area contributed by atoms with Gasteiger partial charge in [-0.2, -0.15) is 0 Å². The van der Waals surface area contributed by atoms with E-state index >= 15 is 0 Å². The highest BCUT2D eigenvalue weighted by atomic mass is 31.2. The molecule has 0 aliphatic heterocycles. The van der Waals surface area contributed by atoms with Crippen LogP contribution < -0.4 is 4.89 Å². The molecule has 2 atom stereocenters. The molecule has 0 fully saturated rings. The van der Waals surface area contributed by atoms with Crippen molar-refractivity contribution in [2.45, 2.75) is 270 Å². The molecular weight excluding hydrogens is 1050 g/mol. The first-order chi connectivity index (χ1) is 40.5. The molecule has 2 unspecified atom stereocenters. The van der Waals surface area contributed by atoms with Crippen LogP contribution in [0.3, 0.4) is 0 Å². The Morgan fingerprint density at radius 1 is 0.386 bits per heavy atom. The number of rotatable bonds is 60. The summed E-state index contributed by atoms with van der Waals surface area (Å²) in [4.78, 5) is 38.0. The van der Waals surface area contributed by atoms with Gasteiger partial charge in [-0.05, 0) is 96.3 Å². The van der Waals surface area contributed by atoms with Gasteiger partial charge in [0.15, 0.2) is 6.10 Å². The van der Waals surface area contributed by atoms with Gasteiger partial charge in [0, 0.05) is 12.8 Å². The quantitative estimate of drug-likeness (QED) is 0.0195. The topological polar surface area (TPSA) is 111 Å². The Labute approximate surface area is 511 Å². The minimum Gasteiger partial charge on any atom is -0.756 e. The van der Waals surface area contributed by atoms with Crippen molar-refractivity contribution >= 4 is 19.8 Å². The van der Waals surface area contributed by atoms with E-state index in [1.165, 1.54) is 109 Å². The number of phosphoric acid groups is 1. The number of quaternary nitrogens is 1. The summed E-state index contributed by atoms with van der Waals surface area (Å²) in [5.41, 5.74) is 0. The van der Waals surface area contributed by atoms with E-state index in [0.717, 1.165) is 122 Å². The molecule has 0 saturated heterocycles. The maximum absolute atomic E-state index is 12.8. The molecule has 0 aromatic carbocycles. The number of ether oxygens (including phenoxy) is 2. The van der Waals surface area contributed by atoms with Crippen molar-refractivity contribution in [3.05, 3.63) is 134 Å². The molecule has 0 aromatic rings. The monoisotopic (exact) mass is 1170 g/mol. The highest BCUT2D eigenvalue weighted by molar-refractivity contribution is 7.45. The number of hydrogen-bond acceptors (Lipinski definition) is 8. The molecule has 0 spiro atoms. The van der Waals surface area contributed by atoms with E-state index in [9.17, 15) is 19.0 Å². The highest BCUT2D eigenvalue weighted by Gasteiger charge is 2.22. The number of unbranched alkanes of at least 4 members (excludes halogenated alkanes) is 24. The molecule has 10 heteroatoms. The predicted octanol–water partition coefficient (Wildman–Crippen LogP) is 21.0. The lowest BCUT2D eigenvalue weighted by Crippen LogP contribution is -2.37. The van der Waals surface area contributed by atoms with Crippen LogP contribution in [0, 0.1) is 0 Å². The first-order valence-corrected chi connectivity index (χ1v) is 34.9. The Bertz CT molecular complexity index is 1860. The highest BCUT2D eigenvalue weighted by Crippen LogP contribution is 2.38. The van der Waals surface area contributed by atoms with Gasteiger partial charge < -0.3 is 27.9 Å². The Morgan fingerprint density at radius 2 is 0.687 bits per heavy atom. The van der Waals surface area contributed by atoms with Gasteiger partial charge in [-0.15, -0.1) is 0 Å². The second-order valence-electron chi connectivity index (χ2n) is 23.1. The third-order valence-electron chi connectivity index (χ3n) is 13.9. The summed E-state index contributed by atoms with van der Waals surface area (Å²) in [5, 5.41) is 0. The lowest BCUT2D eigenvalue weighted by molar-refractivity contribution is -0.870. The van der Waals surface area contributed by atoms with Crippen LogP contribution in [0.1, 0.15) is 264 Å². The molecule has 9 nitrogen and oxygen atoms in total. The zero-order valence-electron chi connectivity index (χ0n) is 53.8.